The van der Waals surface area contributed by atoms with Crippen molar-refractivity contribution in [2.24, 2.45) is 13.0 Å². The van der Waals surface area contributed by atoms with Gasteiger partial charge in [-0.05, 0) is 37.8 Å². The summed E-state index contributed by atoms with van der Waals surface area (Å²) < 4.78 is 1.54. The third kappa shape index (κ3) is 3.05. The van der Waals surface area contributed by atoms with Crippen LogP contribution in [0.25, 0.3) is 10.3 Å². The van der Waals surface area contributed by atoms with Crippen LogP contribution in [0.5, 0.6) is 0 Å². The summed E-state index contributed by atoms with van der Waals surface area (Å²) >= 11 is 1.48. The molecule has 8 nitrogen and oxygen atoms in total. The molecule has 0 spiro atoms. The monoisotopic (exact) mass is 431 g/mol. The van der Waals surface area contributed by atoms with E-state index in [1.54, 1.807) is 23.9 Å². The van der Waals surface area contributed by atoms with Gasteiger partial charge in [0, 0.05) is 38.9 Å². The first-order valence-corrected chi connectivity index (χ1v) is 11.1. The summed E-state index contributed by atoms with van der Waals surface area (Å²) in [6, 6.07) is 8.25. The van der Waals surface area contributed by atoms with E-state index in [-0.39, 0.29) is 11.1 Å². The maximum absolute atomic E-state index is 12.9. The van der Waals surface area contributed by atoms with Crippen LogP contribution < -0.4 is 15.4 Å². The second-order valence-electron chi connectivity index (χ2n) is 8.14. The highest BCUT2D eigenvalue weighted by Gasteiger charge is 2.40. The molecule has 3 aromatic rings. The lowest BCUT2D eigenvalue weighted by Crippen LogP contribution is -2.47. The van der Waals surface area contributed by atoms with Gasteiger partial charge in [0.25, 0.3) is 5.56 Å². The van der Waals surface area contributed by atoms with E-state index < -0.39 is 0 Å². The van der Waals surface area contributed by atoms with Crippen LogP contribution in [0.15, 0.2) is 23.1 Å². The molecule has 0 aliphatic carbocycles. The van der Waals surface area contributed by atoms with Gasteiger partial charge in [0.1, 0.15) is 27.8 Å². The van der Waals surface area contributed by atoms with Crippen LogP contribution in [0.1, 0.15) is 29.0 Å². The Bertz CT molecular complexity index is 1330. The molecule has 0 aromatic carbocycles. The van der Waals surface area contributed by atoms with Crippen molar-refractivity contribution < 1.29 is 0 Å². The van der Waals surface area contributed by atoms with Gasteiger partial charge < -0.3 is 14.4 Å². The van der Waals surface area contributed by atoms with Gasteiger partial charge in [-0.25, -0.2) is 9.97 Å². The smallest absolute Gasteiger partial charge is 0.271 e. The van der Waals surface area contributed by atoms with E-state index in [1.807, 2.05) is 13.0 Å². The fourth-order valence-corrected chi connectivity index (χ4v) is 5.88. The number of nitrogens with zero attached hydrogens (tertiary/aromatic N) is 7. The Morgan fingerprint density at radius 1 is 1.23 bits per heavy atom. The summed E-state index contributed by atoms with van der Waals surface area (Å²) in [4.78, 5) is 27.3. The van der Waals surface area contributed by atoms with Crippen molar-refractivity contribution in [1.82, 2.24) is 14.5 Å². The van der Waals surface area contributed by atoms with Gasteiger partial charge in [-0.2, -0.15) is 10.5 Å². The summed E-state index contributed by atoms with van der Waals surface area (Å²) in [5.74, 6) is 1.25. The first-order valence-electron chi connectivity index (χ1n) is 10.3. The largest absolute Gasteiger partial charge is 0.368 e. The van der Waals surface area contributed by atoms with E-state index in [9.17, 15) is 15.3 Å². The molecule has 156 valence electrons. The van der Waals surface area contributed by atoms with Crippen molar-refractivity contribution in [3.05, 3.63) is 44.8 Å². The summed E-state index contributed by atoms with van der Waals surface area (Å²) in [5, 5.41) is 19.9. The van der Waals surface area contributed by atoms with Crippen LogP contribution in [0.2, 0.25) is 0 Å². The van der Waals surface area contributed by atoms with Crippen LogP contribution in [0.4, 0.5) is 11.5 Å². The number of hydrogen-bond acceptors (Lipinski definition) is 8. The predicted molar refractivity (Wildman–Crippen MR) is 119 cm³/mol. The van der Waals surface area contributed by atoms with Crippen molar-refractivity contribution >= 4 is 33.2 Å². The third-order valence-electron chi connectivity index (χ3n) is 6.43. The lowest BCUT2D eigenvalue weighted by Gasteiger charge is -2.39. The van der Waals surface area contributed by atoms with Gasteiger partial charge in [-0.15, -0.1) is 11.3 Å². The lowest BCUT2D eigenvalue weighted by atomic mass is 9.92. The SMILES string of the molecule is Cc1nc2c(N3CC[C@H]4[C@H](CCN4c4cc(C#N)ccn4)C3)c(C#N)c(=O)n(C)c2s1. The number of fused-ring (bicyclic) bond motifs is 2. The predicted octanol–water partition coefficient (Wildman–Crippen LogP) is 2.55. The van der Waals surface area contributed by atoms with Crippen molar-refractivity contribution in [2.75, 3.05) is 29.4 Å². The minimum absolute atomic E-state index is 0.178. The minimum Gasteiger partial charge on any atom is -0.368 e. The normalized spacial score (nSPS) is 20.5. The summed E-state index contributed by atoms with van der Waals surface area (Å²) in [7, 11) is 1.70. The van der Waals surface area contributed by atoms with E-state index in [1.165, 1.54) is 11.3 Å². The standard InChI is InChI=1S/C22H21N7OS/c1-13-26-19-20(16(11-24)21(30)27(2)22(19)31-13)28-7-5-17-15(12-28)4-8-29(17)18-9-14(10-23)3-6-25-18/h3,6,9,15,17H,4-5,7-8,12H2,1-2H3/t15-,17+/m1/s1. The van der Waals surface area contributed by atoms with Crippen LogP contribution in [-0.2, 0) is 7.05 Å². The second-order valence-corrected chi connectivity index (χ2v) is 9.33. The molecule has 31 heavy (non-hydrogen) atoms. The molecule has 0 radical (unpaired) electrons. The molecule has 0 amide bonds. The maximum Gasteiger partial charge on any atom is 0.271 e. The first-order chi connectivity index (χ1) is 15.0. The van der Waals surface area contributed by atoms with Gasteiger partial charge in [-0.1, -0.05) is 0 Å². The quantitative estimate of drug-likeness (QED) is 0.614. The van der Waals surface area contributed by atoms with Crippen molar-refractivity contribution in [3.63, 3.8) is 0 Å². The minimum atomic E-state index is -0.263. The van der Waals surface area contributed by atoms with Crippen molar-refractivity contribution in [2.45, 2.75) is 25.8 Å². The highest BCUT2D eigenvalue weighted by Crippen LogP contribution is 2.39. The Balaban J connectivity index is 1.49. The highest BCUT2D eigenvalue weighted by molar-refractivity contribution is 7.18. The molecule has 5 heterocycles. The van der Waals surface area contributed by atoms with E-state index in [4.69, 9.17) is 0 Å². The number of rotatable bonds is 2. The molecule has 5 rings (SSSR count). The number of nitriles is 2. The zero-order valence-corrected chi connectivity index (χ0v) is 18.2. The van der Waals surface area contributed by atoms with Gasteiger partial charge in [0.2, 0.25) is 0 Å². The molecule has 0 saturated carbocycles. The summed E-state index contributed by atoms with van der Waals surface area (Å²) in [6.45, 7) is 4.32. The number of hydrogen-bond donors (Lipinski definition) is 0. The second kappa shape index (κ2) is 7.36. The number of aryl methyl sites for hydroxylation is 2. The van der Waals surface area contributed by atoms with E-state index in [0.717, 1.165) is 53.6 Å². The van der Waals surface area contributed by atoms with E-state index in [2.05, 4.69) is 31.9 Å². The molecule has 3 aromatic heterocycles. The molecule has 0 N–H and O–H groups in total. The highest BCUT2D eigenvalue weighted by atomic mass is 32.1. The Hall–Kier alpha value is -3.43. The van der Waals surface area contributed by atoms with Crippen molar-refractivity contribution in [1.29, 1.82) is 10.5 Å². The van der Waals surface area contributed by atoms with Gasteiger partial charge in [0.15, 0.2) is 0 Å². The summed E-state index contributed by atoms with van der Waals surface area (Å²) in [5.41, 5.74) is 1.97. The van der Waals surface area contributed by atoms with Gasteiger partial charge in [-0.3, -0.25) is 4.79 Å². The molecule has 2 saturated heterocycles. The molecule has 0 bridgehead atoms. The average Bonchev–Trinajstić information content (AvgIpc) is 3.39. The molecular formula is C22H21N7OS. The molecule has 0 unspecified atom stereocenters. The third-order valence-corrected chi connectivity index (χ3v) is 7.48. The molecule has 2 atom stereocenters. The average molecular weight is 432 g/mol. The zero-order valence-electron chi connectivity index (χ0n) is 17.4. The molecule has 2 aliphatic rings. The lowest BCUT2D eigenvalue weighted by molar-refractivity contribution is 0.395. The number of anilines is 2. The van der Waals surface area contributed by atoms with Gasteiger partial charge >= 0.3 is 0 Å². The van der Waals surface area contributed by atoms with Crippen LogP contribution in [-0.4, -0.2) is 40.2 Å². The Kier molecular flexibility index (Phi) is 4.64. The Morgan fingerprint density at radius 3 is 2.84 bits per heavy atom. The Labute approximate surface area is 183 Å². The fraction of sp³-hybridized carbons (Fsp3) is 0.409. The number of piperidine rings is 1. The van der Waals surface area contributed by atoms with Crippen LogP contribution in [0.3, 0.4) is 0 Å². The number of thiazole rings is 1. The first kappa shape index (κ1) is 19.5. The zero-order chi connectivity index (χ0) is 21.7. The van der Waals surface area contributed by atoms with Crippen LogP contribution in [0, 0.1) is 35.5 Å². The van der Waals surface area contributed by atoms with Gasteiger partial charge in [0.05, 0.1) is 22.3 Å². The molecule has 2 fully saturated rings. The maximum atomic E-state index is 12.9. The molecule has 9 heteroatoms. The van der Waals surface area contributed by atoms with Crippen molar-refractivity contribution in [3.8, 4) is 12.1 Å². The molecular weight excluding hydrogens is 410 g/mol. The van der Waals surface area contributed by atoms with E-state index in [0.29, 0.717) is 23.2 Å². The Morgan fingerprint density at radius 2 is 2.06 bits per heavy atom. The topological polar surface area (TPSA) is 102 Å². The summed E-state index contributed by atoms with van der Waals surface area (Å²) in [6.07, 6.45) is 3.59. The fourth-order valence-electron chi connectivity index (χ4n) is 5.00. The number of pyridine rings is 2. The van der Waals surface area contributed by atoms with E-state index >= 15 is 0 Å². The van der Waals surface area contributed by atoms with Crippen LogP contribution >= 0.6 is 11.3 Å². The number of aromatic nitrogens is 3. The molecule has 2 aliphatic heterocycles.